The zero-order valence-electron chi connectivity index (χ0n) is 7.08. The summed E-state index contributed by atoms with van der Waals surface area (Å²) in [5.41, 5.74) is 1.76. The summed E-state index contributed by atoms with van der Waals surface area (Å²) >= 11 is 0. The SMILES string of the molecule is CCC/C(C#N)=C\c1ccoc1. The third-order valence-corrected chi connectivity index (χ3v) is 1.55. The quantitative estimate of drug-likeness (QED) is 0.639. The van der Waals surface area contributed by atoms with E-state index >= 15 is 0 Å². The molecule has 0 aliphatic carbocycles. The first kappa shape index (κ1) is 8.61. The third-order valence-electron chi connectivity index (χ3n) is 1.55. The predicted molar refractivity (Wildman–Crippen MR) is 47.2 cm³/mol. The van der Waals surface area contributed by atoms with Gasteiger partial charge in [-0.05, 0) is 18.6 Å². The molecule has 0 aromatic carbocycles. The van der Waals surface area contributed by atoms with Crippen LogP contribution in [0.4, 0.5) is 0 Å². The molecular formula is C10H11NO. The summed E-state index contributed by atoms with van der Waals surface area (Å²) in [6.07, 6.45) is 6.92. The molecule has 0 saturated heterocycles. The van der Waals surface area contributed by atoms with Crippen molar-refractivity contribution in [3.8, 4) is 6.07 Å². The number of hydrogen-bond donors (Lipinski definition) is 0. The molecule has 0 saturated carbocycles. The van der Waals surface area contributed by atoms with Crippen LogP contribution < -0.4 is 0 Å². The van der Waals surface area contributed by atoms with Gasteiger partial charge in [0.1, 0.15) is 0 Å². The minimum atomic E-state index is 0.805. The highest BCUT2D eigenvalue weighted by molar-refractivity contribution is 5.55. The molecule has 0 amide bonds. The van der Waals surface area contributed by atoms with Crippen LogP contribution in [-0.4, -0.2) is 0 Å². The first-order chi connectivity index (χ1) is 5.86. The largest absolute Gasteiger partial charge is 0.472 e. The van der Waals surface area contributed by atoms with Crippen molar-refractivity contribution in [3.05, 3.63) is 29.7 Å². The molecule has 0 spiro atoms. The van der Waals surface area contributed by atoms with Gasteiger partial charge in [-0.2, -0.15) is 5.26 Å². The summed E-state index contributed by atoms with van der Waals surface area (Å²) in [4.78, 5) is 0. The van der Waals surface area contributed by atoms with Crippen LogP contribution in [0.1, 0.15) is 25.3 Å². The van der Waals surface area contributed by atoms with E-state index in [1.54, 1.807) is 12.5 Å². The van der Waals surface area contributed by atoms with Crippen molar-refractivity contribution in [3.63, 3.8) is 0 Å². The first-order valence-corrected chi connectivity index (χ1v) is 3.99. The molecular weight excluding hydrogens is 150 g/mol. The highest BCUT2D eigenvalue weighted by atomic mass is 16.3. The smallest absolute Gasteiger partial charge is 0.0975 e. The van der Waals surface area contributed by atoms with Crippen LogP contribution in [0, 0.1) is 11.3 Å². The number of nitriles is 1. The second-order valence-electron chi connectivity index (χ2n) is 2.59. The molecule has 1 aromatic rings. The van der Waals surface area contributed by atoms with E-state index in [1.807, 2.05) is 12.1 Å². The molecule has 0 bridgehead atoms. The van der Waals surface area contributed by atoms with Gasteiger partial charge in [0, 0.05) is 11.1 Å². The normalized spacial score (nSPS) is 11.2. The molecule has 0 atom stereocenters. The number of hydrogen-bond acceptors (Lipinski definition) is 2. The molecule has 0 aliphatic heterocycles. The Hall–Kier alpha value is -1.49. The molecule has 1 heterocycles. The molecule has 0 fully saturated rings. The Balaban J connectivity index is 2.73. The Morgan fingerprint density at radius 1 is 1.75 bits per heavy atom. The fourth-order valence-corrected chi connectivity index (χ4v) is 0.988. The van der Waals surface area contributed by atoms with E-state index in [0.717, 1.165) is 24.0 Å². The van der Waals surface area contributed by atoms with Crippen molar-refractivity contribution in [2.75, 3.05) is 0 Å². The molecule has 0 aliphatic rings. The van der Waals surface area contributed by atoms with Gasteiger partial charge in [0.25, 0.3) is 0 Å². The summed E-state index contributed by atoms with van der Waals surface area (Å²) in [6.45, 7) is 2.06. The number of allylic oxidation sites excluding steroid dienone is 1. The van der Waals surface area contributed by atoms with Crippen molar-refractivity contribution in [1.82, 2.24) is 0 Å². The Bertz CT molecular complexity index is 290. The Kier molecular flexibility index (Phi) is 3.16. The van der Waals surface area contributed by atoms with Crippen molar-refractivity contribution >= 4 is 6.08 Å². The molecule has 1 aromatic heterocycles. The Labute approximate surface area is 72.1 Å². The van der Waals surface area contributed by atoms with E-state index in [2.05, 4.69) is 13.0 Å². The van der Waals surface area contributed by atoms with Gasteiger partial charge in [-0.15, -0.1) is 0 Å². The summed E-state index contributed by atoms with van der Waals surface area (Å²) in [5.74, 6) is 0. The molecule has 1 rings (SSSR count). The van der Waals surface area contributed by atoms with Gasteiger partial charge in [-0.25, -0.2) is 0 Å². The fourth-order valence-electron chi connectivity index (χ4n) is 0.988. The van der Waals surface area contributed by atoms with Gasteiger partial charge in [-0.3, -0.25) is 0 Å². The maximum absolute atomic E-state index is 8.71. The third kappa shape index (κ3) is 2.28. The molecule has 0 N–H and O–H groups in total. The highest BCUT2D eigenvalue weighted by Gasteiger charge is 1.94. The van der Waals surface area contributed by atoms with Crippen LogP contribution in [0.5, 0.6) is 0 Å². The zero-order chi connectivity index (χ0) is 8.81. The van der Waals surface area contributed by atoms with Gasteiger partial charge >= 0.3 is 0 Å². The maximum Gasteiger partial charge on any atom is 0.0975 e. The van der Waals surface area contributed by atoms with Gasteiger partial charge in [0.15, 0.2) is 0 Å². The zero-order valence-corrected chi connectivity index (χ0v) is 7.08. The molecule has 0 radical (unpaired) electrons. The van der Waals surface area contributed by atoms with Crippen molar-refractivity contribution in [2.45, 2.75) is 19.8 Å². The lowest BCUT2D eigenvalue weighted by Crippen LogP contribution is -1.76. The number of furan rings is 1. The summed E-state index contributed by atoms with van der Waals surface area (Å²) in [7, 11) is 0. The molecule has 2 nitrogen and oxygen atoms in total. The predicted octanol–water partition coefficient (Wildman–Crippen LogP) is 2.99. The van der Waals surface area contributed by atoms with Crippen molar-refractivity contribution in [2.24, 2.45) is 0 Å². The van der Waals surface area contributed by atoms with Gasteiger partial charge in [0.05, 0.1) is 18.6 Å². The van der Waals surface area contributed by atoms with Crippen molar-refractivity contribution < 1.29 is 4.42 Å². The van der Waals surface area contributed by atoms with E-state index in [1.165, 1.54) is 0 Å². The Morgan fingerprint density at radius 2 is 2.58 bits per heavy atom. The van der Waals surface area contributed by atoms with Crippen LogP contribution in [0.2, 0.25) is 0 Å². The van der Waals surface area contributed by atoms with Gasteiger partial charge in [0.2, 0.25) is 0 Å². The monoisotopic (exact) mass is 161 g/mol. The van der Waals surface area contributed by atoms with Gasteiger partial charge in [-0.1, -0.05) is 13.3 Å². The van der Waals surface area contributed by atoms with Crippen LogP contribution in [0.3, 0.4) is 0 Å². The lowest BCUT2D eigenvalue weighted by atomic mass is 10.1. The fraction of sp³-hybridized carbons (Fsp3) is 0.300. The standard InChI is InChI=1S/C10H11NO/c1-2-3-9(7-11)6-10-4-5-12-8-10/h4-6,8H,2-3H2,1H3/b9-6+. The van der Waals surface area contributed by atoms with Crippen LogP contribution in [0.25, 0.3) is 6.08 Å². The highest BCUT2D eigenvalue weighted by Crippen LogP contribution is 2.10. The number of nitrogens with zero attached hydrogens (tertiary/aromatic N) is 1. The average Bonchev–Trinajstić information content (AvgIpc) is 2.56. The van der Waals surface area contributed by atoms with E-state index in [9.17, 15) is 0 Å². The maximum atomic E-state index is 8.71. The van der Waals surface area contributed by atoms with E-state index in [4.69, 9.17) is 9.68 Å². The topological polar surface area (TPSA) is 36.9 Å². The first-order valence-electron chi connectivity index (χ1n) is 3.99. The second kappa shape index (κ2) is 4.40. The molecule has 0 unspecified atom stereocenters. The summed E-state index contributed by atoms with van der Waals surface area (Å²) in [5, 5.41) is 8.71. The minimum absolute atomic E-state index is 0.805. The van der Waals surface area contributed by atoms with E-state index in [-0.39, 0.29) is 0 Å². The minimum Gasteiger partial charge on any atom is -0.472 e. The lowest BCUT2D eigenvalue weighted by molar-refractivity contribution is 0.567. The van der Waals surface area contributed by atoms with Gasteiger partial charge < -0.3 is 4.42 Å². The van der Waals surface area contributed by atoms with E-state index < -0.39 is 0 Å². The van der Waals surface area contributed by atoms with Crippen LogP contribution in [-0.2, 0) is 0 Å². The van der Waals surface area contributed by atoms with Crippen LogP contribution in [0.15, 0.2) is 28.6 Å². The van der Waals surface area contributed by atoms with Crippen molar-refractivity contribution in [1.29, 1.82) is 5.26 Å². The molecule has 2 heteroatoms. The average molecular weight is 161 g/mol. The van der Waals surface area contributed by atoms with E-state index in [0.29, 0.717) is 0 Å². The second-order valence-corrected chi connectivity index (χ2v) is 2.59. The summed E-state index contributed by atoms with van der Waals surface area (Å²) < 4.78 is 4.88. The Morgan fingerprint density at radius 3 is 3.08 bits per heavy atom. The molecule has 12 heavy (non-hydrogen) atoms. The summed E-state index contributed by atoms with van der Waals surface area (Å²) in [6, 6.07) is 4.00. The lowest BCUT2D eigenvalue weighted by Gasteiger charge is -1.91. The molecule has 62 valence electrons. The number of rotatable bonds is 3. The van der Waals surface area contributed by atoms with Crippen LogP contribution >= 0.6 is 0 Å².